The molecule has 0 radical (unpaired) electrons. The van der Waals surface area contributed by atoms with Crippen molar-refractivity contribution in [1.29, 1.82) is 0 Å². The summed E-state index contributed by atoms with van der Waals surface area (Å²) in [6, 6.07) is 4.79. The number of carbonyl (C=O) groups is 1. The lowest BCUT2D eigenvalue weighted by Gasteiger charge is -2.34. The zero-order chi connectivity index (χ0) is 26.1. The van der Waals surface area contributed by atoms with E-state index in [0.29, 0.717) is 30.5 Å². The quantitative estimate of drug-likeness (QED) is 0.498. The third kappa shape index (κ3) is 6.13. The summed E-state index contributed by atoms with van der Waals surface area (Å²) in [6.07, 6.45) is -0.887. The summed E-state index contributed by atoms with van der Waals surface area (Å²) in [4.78, 5) is 22.2. The number of alkyl halides is 3. The smallest absolute Gasteiger partial charge is 0.422 e. The fourth-order valence-electron chi connectivity index (χ4n) is 3.78. The Morgan fingerprint density at radius 3 is 2.72 bits per heavy atom. The van der Waals surface area contributed by atoms with Crippen LogP contribution in [0.3, 0.4) is 0 Å². The van der Waals surface area contributed by atoms with E-state index >= 15 is 4.39 Å². The van der Waals surface area contributed by atoms with Gasteiger partial charge in [-0.05, 0) is 45.7 Å². The van der Waals surface area contributed by atoms with Crippen molar-refractivity contribution < 1.29 is 31.8 Å². The van der Waals surface area contributed by atoms with E-state index in [0.717, 1.165) is 0 Å². The van der Waals surface area contributed by atoms with E-state index in [1.165, 1.54) is 15.6 Å². The fraction of sp³-hybridized carbons (Fsp3) is 0.478. The summed E-state index contributed by atoms with van der Waals surface area (Å²) in [5, 5.41) is 7.10. The molecule has 9 nitrogen and oxygen atoms in total. The maximum absolute atomic E-state index is 15.2. The monoisotopic (exact) mass is 510 g/mol. The molecule has 0 spiro atoms. The molecule has 194 valence electrons. The molecule has 3 aromatic rings. The van der Waals surface area contributed by atoms with Crippen LogP contribution in [0.2, 0.25) is 0 Å². The van der Waals surface area contributed by atoms with E-state index < -0.39 is 42.2 Å². The minimum absolute atomic E-state index is 0.0583. The largest absolute Gasteiger partial charge is 0.466 e. The first-order chi connectivity index (χ1) is 16.9. The van der Waals surface area contributed by atoms with Gasteiger partial charge < -0.3 is 19.7 Å². The zero-order valence-corrected chi connectivity index (χ0v) is 20.0. The van der Waals surface area contributed by atoms with Crippen molar-refractivity contribution in [3.8, 4) is 17.3 Å². The van der Waals surface area contributed by atoms with Crippen molar-refractivity contribution in [2.45, 2.75) is 51.4 Å². The van der Waals surface area contributed by atoms with Crippen LogP contribution in [0, 0.1) is 5.82 Å². The number of carbonyl (C=O) groups excluding carboxylic acids is 1. The van der Waals surface area contributed by atoms with Crippen LogP contribution in [0.4, 0.5) is 28.2 Å². The number of hydrogen-bond acceptors (Lipinski definition) is 7. The van der Waals surface area contributed by atoms with Crippen molar-refractivity contribution in [3.05, 3.63) is 36.4 Å². The Hall–Kier alpha value is -3.64. The number of nitrogens with one attached hydrogen (secondary N) is 1. The predicted molar refractivity (Wildman–Crippen MR) is 122 cm³/mol. The van der Waals surface area contributed by atoms with Crippen LogP contribution in [0.1, 0.15) is 33.6 Å². The van der Waals surface area contributed by atoms with Crippen molar-refractivity contribution in [1.82, 2.24) is 24.5 Å². The van der Waals surface area contributed by atoms with Gasteiger partial charge in [-0.3, -0.25) is 0 Å². The molecule has 1 saturated heterocycles. The van der Waals surface area contributed by atoms with E-state index in [4.69, 9.17) is 9.47 Å². The van der Waals surface area contributed by atoms with Crippen LogP contribution in [0.5, 0.6) is 5.88 Å². The SMILES string of the molecule is CC(C)(C)OC(=O)N1CCC[C@@H](Nc2nc(-c3cnn4ccccc34)nc(OCC(F)(F)F)c2F)C1. The van der Waals surface area contributed by atoms with Crippen LogP contribution in [0.15, 0.2) is 30.6 Å². The van der Waals surface area contributed by atoms with Gasteiger partial charge in [0.15, 0.2) is 18.2 Å². The average Bonchev–Trinajstić information content (AvgIpc) is 3.22. The molecule has 4 rings (SSSR count). The van der Waals surface area contributed by atoms with Gasteiger partial charge in [0.25, 0.3) is 5.88 Å². The molecule has 0 aromatic carbocycles. The zero-order valence-electron chi connectivity index (χ0n) is 20.0. The number of amides is 1. The molecule has 4 heterocycles. The van der Waals surface area contributed by atoms with Crippen LogP contribution in [-0.4, -0.2) is 68.1 Å². The number of ether oxygens (including phenoxy) is 2. The fourth-order valence-corrected chi connectivity index (χ4v) is 3.78. The number of hydrogen-bond donors (Lipinski definition) is 1. The summed E-state index contributed by atoms with van der Waals surface area (Å²) in [7, 11) is 0. The Bertz CT molecular complexity index is 1240. The van der Waals surface area contributed by atoms with Crippen LogP contribution < -0.4 is 10.1 Å². The first-order valence-electron chi connectivity index (χ1n) is 11.3. The Labute approximate surface area is 204 Å². The average molecular weight is 510 g/mol. The van der Waals surface area contributed by atoms with Crippen molar-refractivity contribution >= 4 is 17.4 Å². The van der Waals surface area contributed by atoms with Gasteiger partial charge in [0.05, 0.1) is 17.3 Å². The second-order valence-corrected chi connectivity index (χ2v) is 9.42. The second-order valence-electron chi connectivity index (χ2n) is 9.42. The Balaban J connectivity index is 1.64. The number of pyridine rings is 1. The number of piperidine rings is 1. The maximum Gasteiger partial charge on any atom is 0.422 e. The summed E-state index contributed by atoms with van der Waals surface area (Å²) >= 11 is 0. The molecular formula is C23H26F4N6O3. The van der Waals surface area contributed by atoms with Gasteiger partial charge in [-0.1, -0.05) is 6.07 Å². The number of nitrogens with zero attached hydrogens (tertiary/aromatic N) is 5. The first kappa shape index (κ1) is 25.5. The van der Waals surface area contributed by atoms with Crippen molar-refractivity contribution in [2.75, 3.05) is 25.0 Å². The molecule has 1 aliphatic rings. The summed E-state index contributed by atoms with van der Waals surface area (Å²) in [5.41, 5.74) is 0.282. The van der Waals surface area contributed by atoms with Gasteiger partial charge in [-0.15, -0.1) is 0 Å². The topological polar surface area (TPSA) is 93.9 Å². The van der Waals surface area contributed by atoms with E-state index in [1.807, 2.05) is 0 Å². The highest BCUT2D eigenvalue weighted by Gasteiger charge is 2.32. The van der Waals surface area contributed by atoms with Crippen LogP contribution in [-0.2, 0) is 4.74 Å². The lowest BCUT2D eigenvalue weighted by atomic mass is 10.1. The lowest BCUT2D eigenvalue weighted by Crippen LogP contribution is -2.47. The molecule has 1 N–H and O–H groups in total. The highest BCUT2D eigenvalue weighted by molar-refractivity contribution is 5.76. The molecule has 13 heteroatoms. The number of halogens is 4. The summed E-state index contributed by atoms with van der Waals surface area (Å²) < 4.78 is 65.2. The molecule has 1 fully saturated rings. The molecule has 0 bridgehead atoms. The molecule has 36 heavy (non-hydrogen) atoms. The maximum atomic E-state index is 15.2. The predicted octanol–water partition coefficient (Wildman–Crippen LogP) is 4.68. The molecule has 0 unspecified atom stereocenters. The molecular weight excluding hydrogens is 484 g/mol. The van der Waals surface area contributed by atoms with Gasteiger partial charge >= 0.3 is 12.3 Å². The number of anilines is 1. The summed E-state index contributed by atoms with van der Waals surface area (Å²) in [5.74, 6) is -2.38. The molecule has 0 aliphatic carbocycles. The second kappa shape index (κ2) is 9.78. The van der Waals surface area contributed by atoms with Crippen molar-refractivity contribution in [3.63, 3.8) is 0 Å². The Morgan fingerprint density at radius 1 is 1.22 bits per heavy atom. The van der Waals surface area contributed by atoms with Crippen molar-refractivity contribution in [2.24, 2.45) is 0 Å². The normalized spacial score (nSPS) is 16.8. The van der Waals surface area contributed by atoms with E-state index in [-0.39, 0.29) is 18.2 Å². The third-order valence-corrected chi connectivity index (χ3v) is 5.27. The van der Waals surface area contributed by atoms with Gasteiger partial charge in [0.2, 0.25) is 5.82 Å². The number of fused-ring (bicyclic) bond motifs is 1. The lowest BCUT2D eigenvalue weighted by molar-refractivity contribution is -0.154. The molecule has 1 amide bonds. The van der Waals surface area contributed by atoms with E-state index in [1.54, 1.807) is 45.2 Å². The van der Waals surface area contributed by atoms with E-state index in [2.05, 4.69) is 20.4 Å². The first-order valence-corrected chi connectivity index (χ1v) is 11.3. The minimum Gasteiger partial charge on any atom is -0.466 e. The molecule has 3 aromatic heterocycles. The van der Waals surface area contributed by atoms with Crippen LogP contribution >= 0.6 is 0 Å². The van der Waals surface area contributed by atoms with Gasteiger partial charge in [-0.25, -0.2) is 14.3 Å². The standard InChI is InChI=1S/C23H26F4N6O3/c1-22(2,3)36-21(34)32-9-6-7-14(12-32)29-19-17(24)20(35-13-23(25,26)27)31-18(30-19)15-11-28-33-10-5-4-8-16(15)33/h4-5,8,10-11,14H,6-7,9,12-13H2,1-3H3,(H,29,30,31)/t14-/m1/s1. The van der Waals surface area contributed by atoms with E-state index in [9.17, 15) is 18.0 Å². The number of rotatable bonds is 5. The number of aromatic nitrogens is 4. The molecule has 1 atom stereocenters. The molecule has 1 aliphatic heterocycles. The summed E-state index contributed by atoms with van der Waals surface area (Å²) in [6.45, 7) is 4.21. The minimum atomic E-state index is -4.69. The van der Waals surface area contributed by atoms with Crippen LogP contribution in [0.25, 0.3) is 16.9 Å². The Morgan fingerprint density at radius 2 is 2.00 bits per heavy atom. The van der Waals surface area contributed by atoms with Gasteiger partial charge in [-0.2, -0.15) is 27.6 Å². The van der Waals surface area contributed by atoms with Gasteiger partial charge in [0.1, 0.15) is 5.60 Å². The highest BCUT2D eigenvalue weighted by Crippen LogP contribution is 2.30. The highest BCUT2D eigenvalue weighted by atomic mass is 19.4. The third-order valence-electron chi connectivity index (χ3n) is 5.27. The number of likely N-dealkylation sites (tertiary alicyclic amines) is 1. The molecule has 0 saturated carbocycles. The van der Waals surface area contributed by atoms with Gasteiger partial charge in [0, 0.05) is 25.3 Å². The Kier molecular flexibility index (Phi) is 6.92.